The first kappa shape index (κ1) is 23.9. The second-order valence-corrected chi connectivity index (χ2v) is 10.3. The van der Waals surface area contributed by atoms with E-state index < -0.39 is 10.0 Å². The molecule has 1 saturated heterocycles. The lowest BCUT2D eigenvalue weighted by Crippen LogP contribution is -2.52. The van der Waals surface area contributed by atoms with Crippen molar-refractivity contribution in [3.8, 4) is 0 Å². The van der Waals surface area contributed by atoms with E-state index >= 15 is 0 Å². The van der Waals surface area contributed by atoms with Crippen LogP contribution in [0.1, 0.15) is 11.1 Å². The van der Waals surface area contributed by atoms with Crippen LogP contribution in [0.5, 0.6) is 0 Å². The second kappa shape index (κ2) is 10.4. The predicted octanol–water partition coefficient (Wildman–Crippen LogP) is 3.67. The molecule has 0 atom stereocenters. The normalized spacial score (nSPS) is 14.4. The van der Waals surface area contributed by atoms with Crippen molar-refractivity contribution in [2.24, 2.45) is 0 Å². The van der Waals surface area contributed by atoms with E-state index in [0.717, 1.165) is 11.1 Å². The van der Waals surface area contributed by atoms with Crippen molar-refractivity contribution in [2.75, 3.05) is 37.6 Å². The molecule has 1 fully saturated rings. The highest BCUT2D eigenvalue weighted by atomic mass is 32.2. The number of carbonyl (C=O) groups is 1. The van der Waals surface area contributed by atoms with Gasteiger partial charge in [-0.15, -0.1) is 0 Å². The van der Waals surface area contributed by atoms with E-state index in [0.29, 0.717) is 31.9 Å². The van der Waals surface area contributed by atoms with Gasteiger partial charge in [-0.2, -0.15) is 4.31 Å². The van der Waals surface area contributed by atoms with Crippen LogP contribution >= 0.6 is 0 Å². The molecule has 6 nitrogen and oxygen atoms in total. The summed E-state index contributed by atoms with van der Waals surface area (Å²) >= 11 is 0. The monoisotopic (exact) mass is 481 g/mol. The number of rotatable bonds is 7. The summed E-state index contributed by atoms with van der Waals surface area (Å²) in [6.45, 7) is 3.57. The van der Waals surface area contributed by atoms with Gasteiger partial charge in [0, 0.05) is 32.7 Å². The molecule has 0 unspecified atom stereocenters. The summed E-state index contributed by atoms with van der Waals surface area (Å²) in [5.74, 6) is -0.555. The number of hydrogen-bond donors (Lipinski definition) is 0. The van der Waals surface area contributed by atoms with Crippen molar-refractivity contribution < 1.29 is 17.6 Å². The van der Waals surface area contributed by atoms with Crippen LogP contribution in [0.15, 0.2) is 83.8 Å². The average molecular weight is 482 g/mol. The first-order chi connectivity index (χ1) is 16.3. The Morgan fingerprint density at radius 1 is 0.882 bits per heavy atom. The summed E-state index contributed by atoms with van der Waals surface area (Å²) in [6.07, 6.45) is 0. The number of carbonyl (C=O) groups excluding carboxylic acids is 1. The van der Waals surface area contributed by atoms with E-state index in [9.17, 15) is 17.6 Å². The predicted molar refractivity (Wildman–Crippen MR) is 130 cm³/mol. The number of benzene rings is 3. The highest BCUT2D eigenvalue weighted by Crippen LogP contribution is 2.22. The van der Waals surface area contributed by atoms with Gasteiger partial charge >= 0.3 is 0 Å². The van der Waals surface area contributed by atoms with Crippen molar-refractivity contribution in [2.45, 2.75) is 18.4 Å². The number of piperazine rings is 1. The molecule has 1 aliphatic rings. The minimum Gasteiger partial charge on any atom is -0.366 e. The number of halogens is 1. The first-order valence-corrected chi connectivity index (χ1v) is 12.7. The lowest BCUT2D eigenvalue weighted by Gasteiger charge is -2.37. The Bertz CT molecular complexity index is 1230. The molecule has 0 spiro atoms. The van der Waals surface area contributed by atoms with Crippen LogP contribution in [-0.2, 0) is 21.4 Å². The lowest BCUT2D eigenvalue weighted by molar-refractivity contribution is -0.131. The minimum atomic E-state index is -3.88. The van der Waals surface area contributed by atoms with Gasteiger partial charge in [0.15, 0.2) is 0 Å². The first-order valence-electron chi connectivity index (χ1n) is 11.2. The molecule has 1 aliphatic heterocycles. The molecule has 1 heterocycles. The lowest BCUT2D eigenvalue weighted by atomic mass is 10.1. The van der Waals surface area contributed by atoms with Gasteiger partial charge in [0.1, 0.15) is 5.82 Å². The van der Waals surface area contributed by atoms with Gasteiger partial charge in [0.2, 0.25) is 15.9 Å². The molecule has 3 aromatic carbocycles. The number of amides is 1. The molecular weight excluding hydrogens is 453 g/mol. The molecule has 1 amide bonds. The maximum absolute atomic E-state index is 14.1. The Kier molecular flexibility index (Phi) is 7.29. The van der Waals surface area contributed by atoms with Gasteiger partial charge in [0.25, 0.3) is 0 Å². The molecule has 8 heteroatoms. The van der Waals surface area contributed by atoms with E-state index in [4.69, 9.17) is 0 Å². The summed E-state index contributed by atoms with van der Waals surface area (Å²) in [7, 11) is -3.88. The van der Waals surface area contributed by atoms with E-state index in [1.165, 1.54) is 22.5 Å². The summed E-state index contributed by atoms with van der Waals surface area (Å²) in [4.78, 5) is 16.9. The van der Waals surface area contributed by atoms with E-state index in [1.54, 1.807) is 41.3 Å². The maximum atomic E-state index is 14.1. The molecule has 0 radical (unpaired) electrons. The van der Waals surface area contributed by atoms with Crippen molar-refractivity contribution >= 4 is 21.6 Å². The summed E-state index contributed by atoms with van der Waals surface area (Å²) in [5, 5.41) is 0. The van der Waals surface area contributed by atoms with Crippen molar-refractivity contribution in [1.29, 1.82) is 0 Å². The zero-order valence-corrected chi connectivity index (χ0v) is 19.9. The highest BCUT2D eigenvalue weighted by Gasteiger charge is 2.30. The molecule has 0 saturated carbocycles. The molecular formula is C26H28FN3O3S. The van der Waals surface area contributed by atoms with Gasteiger partial charge in [-0.05, 0) is 36.8 Å². The van der Waals surface area contributed by atoms with Gasteiger partial charge in [-0.1, -0.05) is 60.2 Å². The molecule has 0 bridgehead atoms. The van der Waals surface area contributed by atoms with Crippen molar-refractivity contribution in [3.05, 3.63) is 95.8 Å². The number of sulfonamides is 1. The number of para-hydroxylation sites is 1. The second-order valence-electron chi connectivity index (χ2n) is 8.39. The van der Waals surface area contributed by atoms with Crippen LogP contribution < -0.4 is 4.90 Å². The number of aryl methyl sites for hydroxylation is 1. The third kappa shape index (κ3) is 5.46. The molecule has 34 heavy (non-hydrogen) atoms. The molecule has 0 N–H and O–H groups in total. The SMILES string of the molecule is Cc1ccc(CN(CC(=O)N2CCN(c3ccccc3F)CC2)S(=O)(=O)c2ccccc2)cc1. The summed E-state index contributed by atoms with van der Waals surface area (Å²) in [6, 6.07) is 22.3. The fourth-order valence-electron chi connectivity index (χ4n) is 4.02. The molecule has 178 valence electrons. The zero-order valence-electron chi connectivity index (χ0n) is 19.1. The Morgan fingerprint density at radius 2 is 1.50 bits per heavy atom. The Labute approximate surface area is 200 Å². The van der Waals surface area contributed by atoms with Crippen LogP contribution in [0, 0.1) is 12.7 Å². The summed E-state index contributed by atoms with van der Waals surface area (Å²) < 4.78 is 42.2. The quantitative estimate of drug-likeness (QED) is 0.517. The van der Waals surface area contributed by atoms with Gasteiger partial charge in [-0.25, -0.2) is 12.8 Å². The van der Waals surface area contributed by atoms with Crippen LogP contribution in [-0.4, -0.2) is 56.3 Å². The fourth-order valence-corrected chi connectivity index (χ4v) is 5.42. The van der Waals surface area contributed by atoms with E-state index in [1.807, 2.05) is 36.1 Å². The van der Waals surface area contributed by atoms with Crippen molar-refractivity contribution in [3.63, 3.8) is 0 Å². The van der Waals surface area contributed by atoms with Gasteiger partial charge in [-0.3, -0.25) is 4.79 Å². The fraction of sp³-hybridized carbons (Fsp3) is 0.269. The number of anilines is 1. The van der Waals surface area contributed by atoms with Crippen LogP contribution in [0.4, 0.5) is 10.1 Å². The van der Waals surface area contributed by atoms with Crippen LogP contribution in [0.2, 0.25) is 0 Å². The van der Waals surface area contributed by atoms with Crippen LogP contribution in [0.3, 0.4) is 0 Å². The minimum absolute atomic E-state index is 0.0957. The van der Waals surface area contributed by atoms with E-state index in [2.05, 4.69) is 0 Å². The van der Waals surface area contributed by atoms with E-state index in [-0.39, 0.29) is 29.7 Å². The molecule has 4 rings (SSSR count). The molecule has 0 aliphatic carbocycles. The topological polar surface area (TPSA) is 60.9 Å². The van der Waals surface area contributed by atoms with Gasteiger partial charge in [0.05, 0.1) is 17.1 Å². The van der Waals surface area contributed by atoms with Crippen LogP contribution in [0.25, 0.3) is 0 Å². The zero-order chi connectivity index (χ0) is 24.1. The van der Waals surface area contributed by atoms with Crippen molar-refractivity contribution in [1.82, 2.24) is 9.21 Å². The molecule has 0 aromatic heterocycles. The summed E-state index contributed by atoms with van der Waals surface area (Å²) in [5.41, 5.74) is 2.40. The molecule has 3 aromatic rings. The largest absolute Gasteiger partial charge is 0.366 e. The maximum Gasteiger partial charge on any atom is 0.243 e. The smallest absolute Gasteiger partial charge is 0.243 e. The highest BCUT2D eigenvalue weighted by molar-refractivity contribution is 7.89. The average Bonchev–Trinajstić information content (AvgIpc) is 2.86. The van der Waals surface area contributed by atoms with Gasteiger partial charge < -0.3 is 9.80 Å². The standard InChI is InChI=1S/C26H28FN3O3S/c1-21-11-13-22(14-12-21)19-30(34(32,33)23-7-3-2-4-8-23)20-26(31)29-17-15-28(16-18-29)25-10-6-5-9-24(25)27/h2-14H,15-20H2,1H3. The third-order valence-corrected chi connectivity index (χ3v) is 7.80. The Balaban J connectivity index is 1.49. The Hall–Kier alpha value is -3.23. The number of hydrogen-bond acceptors (Lipinski definition) is 4. The Morgan fingerprint density at radius 3 is 2.15 bits per heavy atom. The number of nitrogens with zero attached hydrogens (tertiary/aromatic N) is 3. The third-order valence-electron chi connectivity index (χ3n) is 6.00.